The van der Waals surface area contributed by atoms with Gasteiger partial charge in [-0.3, -0.25) is 4.79 Å². The first-order chi connectivity index (χ1) is 10.7. The number of aromatic nitrogens is 2. The van der Waals surface area contributed by atoms with Gasteiger partial charge < -0.3 is 15.4 Å². The lowest BCUT2D eigenvalue weighted by atomic mass is 10.2. The van der Waals surface area contributed by atoms with Crippen LogP contribution in [0, 0.1) is 6.92 Å². The zero-order chi connectivity index (χ0) is 15.5. The van der Waals surface area contributed by atoms with Gasteiger partial charge in [0.2, 0.25) is 0 Å². The summed E-state index contributed by atoms with van der Waals surface area (Å²) in [7, 11) is 1.57. The molecule has 1 fully saturated rings. The monoisotopic (exact) mass is 298 g/mol. The van der Waals surface area contributed by atoms with Crippen LogP contribution in [0.1, 0.15) is 28.9 Å². The predicted octanol–water partition coefficient (Wildman–Crippen LogP) is 2.62. The molecule has 2 N–H and O–H groups in total. The third-order valence-electron chi connectivity index (χ3n) is 3.43. The van der Waals surface area contributed by atoms with Crippen LogP contribution in [0.4, 0.5) is 11.5 Å². The number of hydrogen-bond donors (Lipinski definition) is 2. The average Bonchev–Trinajstić information content (AvgIpc) is 3.32. The zero-order valence-electron chi connectivity index (χ0n) is 12.6. The highest BCUT2D eigenvalue weighted by atomic mass is 16.5. The molecule has 22 heavy (non-hydrogen) atoms. The molecule has 0 bridgehead atoms. The van der Waals surface area contributed by atoms with Gasteiger partial charge in [0, 0.05) is 12.1 Å². The number of carbonyl (C=O) groups is 1. The maximum Gasteiger partial charge on any atom is 0.274 e. The molecule has 0 atom stereocenters. The average molecular weight is 298 g/mol. The van der Waals surface area contributed by atoms with Gasteiger partial charge in [-0.05, 0) is 37.5 Å². The van der Waals surface area contributed by atoms with E-state index in [0.29, 0.717) is 29.0 Å². The number of rotatable bonds is 5. The van der Waals surface area contributed by atoms with Crippen LogP contribution in [0.15, 0.2) is 30.6 Å². The Morgan fingerprint density at radius 2 is 2.09 bits per heavy atom. The Morgan fingerprint density at radius 1 is 1.27 bits per heavy atom. The molecular formula is C16H18N4O2. The third kappa shape index (κ3) is 3.33. The van der Waals surface area contributed by atoms with Crippen molar-refractivity contribution in [1.82, 2.24) is 9.97 Å². The molecule has 1 heterocycles. The largest absolute Gasteiger partial charge is 0.495 e. The van der Waals surface area contributed by atoms with Gasteiger partial charge in [-0.1, -0.05) is 6.07 Å². The van der Waals surface area contributed by atoms with Gasteiger partial charge in [0.05, 0.1) is 12.8 Å². The first kappa shape index (κ1) is 14.3. The first-order valence-corrected chi connectivity index (χ1v) is 7.20. The minimum absolute atomic E-state index is 0.287. The van der Waals surface area contributed by atoms with Crippen LogP contribution >= 0.6 is 0 Å². The fraction of sp³-hybridized carbons (Fsp3) is 0.312. The van der Waals surface area contributed by atoms with E-state index in [9.17, 15) is 4.79 Å². The number of ether oxygens (including phenoxy) is 1. The molecule has 114 valence electrons. The Hall–Kier alpha value is -2.63. The second-order valence-corrected chi connectivity index (χ2v) is 5.36. The maximum atomic E-state index is 12.4. The Balaban J connectivity index is 1.77. The molecule has 3 rings (SSSR count). The lowest BCUT2D eigenvalue weighted by Gasteiger charge is -2.11. The second kappa shape index (κ2) is 6.01. The maximum absolute atomic E-state index is 12.4. The fourth-order valence-corrected chi connectivity index (χ4v) is 2.10. The van der Waals surface area contributed by atoms with Crippen molar-refractivity contribution in [3.63, 3.8) is 0 Å². The van der Waals surface area contributed by atoms with Crippen LogP contribution in [0.5, 0.6) is 5.75 Å². The quantitative estimate of drug-likeness (QED) is 0.887. The molecule has 1 aliphatic carbocycles. The standard InChI is InChI=1S/C16H18N4O2/c1-10-3-6-14(22-2)12(7-10)20-16(21)13-8-15(18-9-17-13)19-11-4-5-11/h3,6-9,11H,4-5H2,1-2H3,(H,20,21)(H,17,18,19). The number of benzene rings is 1. The predicted molar refractivity (Wildman–Crippen MR) is 84.4 cm³/mol. The molecule has 0 saturated heterocycles. The van der Waals surface area contributed by atoms with Crippen LogP contribution in [0.25, 0.3) is 0 Å². The summed E-state index contributed by atoms with van der Waals surface area (Å²) in [6, 6.07) is 7.75. The molecule has 1 amide bonds. The number of methoxy groups -OCH3 is 1. The first-order valence-electron chi connectivity index (χ1n) is 7.20. The van der Waals surface area contributed by atoms with Gasteiger partial charge in [-0.15, -0.1) is 0 Å². The summed E-state index contributed by atoms with van der Waals surface area (Å²) in [5.41, 5.74) is 1.99. The number of anilines is 2. The number of hydrogen-bond acceptors (Lipinski definition) is 5. The third-order valence-corrected chi connectivity index (χ3v) is 3.43. The van der Waals surface area contributed by atoms with Crippen molar-refractivity contribution in [3.8, 4) is 5.75 Å². The van der Waals surface area contributed by atoms with E-state index in [1.54, 1.807) is 13.2 Å². The molecule has 1 saturated carbocycles. The molecule has 0 unspecified atom stereocenters. The Morgan fingerprint density at radius 3 is 2.82 bits per heavy atom. The highest BCUT2D eigenvalue weighted by Crippen LogP contribution is 2.26. The van der Waals surface area contributed by atoms with Crippen LogP contribution in [0.2, 0.25) is 0 Å². The van der Waals surface area contributed by atoms with E-state index in [0.717, 1.165) is 18.4 Å². The molecule has 1 aliphatic rings. The van der Waals surface area contributed by atoms with E-state index >= 15 is 0 Å². The van der Waals surface area contributed by atoms with Gasteiger partial charge in [0.25, 0.3) is 5.91 Å². The highest BCUT2D eigenvalue weighted by molar-refractivity contribution is 6.04. The number of nitrogens with one attached hydrogen (secondary N) is 2. The summed E-state index contributed by atoms with van der Waals surface area (Å²) in [6.45, 7) is 1.96. The van der Waals surface area contributed by atoms with Crippen molar-refractivity contribution < 1.29 is 9.53 Å². The number of nitrogens with zero attached hydrogens (tertiary/aromatic N) is 2. The molecule has 0 radical (unpaired) electrons. The second-order valence-electron chi connectivity index (χ2n) is 5.36. The lowest BCUT2D eigenvalue weighted by Crippen LogP contribution is -2.15. The SMILES string of the molecule is COc1ccc(C)cc1NC(=O)c1cc(NC2CC2)ncn1. The highest BCUT2D eigenvalue weighted by Gasteiger charge is 2.22. The van der Waals surface area contributed by atoms with E-state index in [2.05, 4.69) is 20.6 Å². The molecular weight excluding hydrogens is 280 g/mol. The minimum Gasteiger partial charge on any atom is -0.495 e. The van der Waals surface area contributed by atoms with Gasteiger partial charge in [0.1, 0.15) is 23.6 Å². The van der Waals surface area contributed by atoms with Crippen molar-refractivity contribution in [3.05, 3.63) is 41.9 Å². The number of aryl methyl sites for hydroxylation is 1. The van der Waals surface area contributed by atoms with Crippen LogP contribution in [-0.2, 0) is 0 Å². The summed E-state index contributed by atoms with van der Waals surface area (Å²) in [5.74, 6) is 1.01. The number of amides is 1. The van der Waals surface area contributed by atoms with Crippen molar-refractivity contribution in [2.75, 3.05) is 17.7 Å². The lowest BCUT2D eigenvalue weighted by molar-refractivity contribution is 0.102. The van der Waals surface area contributed by atoms with Crippen molar-refractivity contribution in [1.29, 1.82) is 0 Å². The van der Waals surface area contributed by atoms with E-state index in [4.69, 9.17) is 4.74 Å². The Kier molecular flexibility index (Phi) is 3.91. The molecule has 1 aromatic heterocycles. The van der Waals surface area contributed by atoms with E-state index in [-0.39, 0.29) is 5.91 Å². The van der Waals surface area contributed by atoms with E-state index < -0.39 is 0 Å². The fourth-order valence-electron chi connectivity index (χ4n) is 2.10. The molecule has 6 heteroatoms. The van der Waals surface area contributed by atoms with Crippen molar-refractivity contribution in [2.45, 2.75) is 25.8 Å². The van der Waals surface area contributed by atoms with Crippen LogP contribution in [-0.4, -0.2) is 29.0 Å². The molecule has 0 spiro atoms. The summed E-state index contributed by atoms with van der Waals surface area (Å²) in [5, 5.41) is 6.08. The Labute approximate surface area is 128 Å². The van der Waals surface area contributed by atoms with Gasteiger partial charge in [-0.25, -0.2) is 9.97 Å². The normalized spacial score (nSPS) is 13.5. The summed E-state index contributed by atoms with van der Waals surface area (Å²) >= 11 is 0. The molecule has 0 aliphatic heterocycles. The van der Waals surface area contributed by atoms with E-state index in [1.807, 2.05) is 25.1 Å². The van der Waals surface area contributed by atoms with Crippen LogP contribution < -0.4 is 15.4 Å². The van der Waals surface area contributed by atoms with Crippen molar-refractivity contribution in [2.24, 2.45) is 0 Å². The van der Waals surface area contributed by atoms with Crippen molar-refractivity contribution >= 4 is 17.4 Å². The van der Waals surface area contributed by atoms with Crippen LogP contribution in [0.3, 0.4) is 0 Å². The summed E-state index contributed by atoms with van der Waals surface area (Å²) in [4.78, 5) is 20.5. The van der Waals surface area contributed by atoms with E-state index in [1.165, 1.54) is 6.33 Å². The summed E-state index contributed by atoms with van der Waals surface area (Å²) in [6.07, 6.45) is 3.69. The zero-order valence-corrected chi connectivity index (χ0v) is 12.6. The van der Waals surface area contributed by atoms with Gasteiger partial charge in [-0.2, -0.15) is 0 Å². The summed E-state index contributed by atoms with van der Waals surface area (Å²) < 4.78 is 5.26. The molecule has 6 nitrogen and oxygen atoms in total. The topological polar surface area (TPSA) is 76.1 Å². The Bertz CT molecular complexity index is 698. The smallest absolute Gasteiger partial charge is 0.274 e. The number of carbonyl (C=O) groups excluding carboxylic acids is 1. The molecule has 1 aromatic carbocycles. The van der Waals surface area contributed by atoms with Gasteiger partial charge in [0.15, 0.2) is 0 Å². The molecule has 2 aromatic rings. The van der Waals surface area contributed by atoms with Gasteiger partial charge >= 0.3 is 0 Å². The minimum atomic E-state index is -0.287.